The van der Waals surface area contributed by atoms with E-state index >= 15 is 0 Å². The van der Waals surface area contributed by atoms with Crippen LogP contribution in [0.2, 0.25) is 0 Å². The Kier molecular flexibility index (Phi) is 7.10. The first kappa shape index (κ1) is 21.8. The van der Waals surface area contributed by atoms with Crippen molar-refractivity contribution in [2.45, 2.75) is 31.7 Å². The minimum absolute atomic E-state index is 0.0635. The van der Waals surface area contributed by atoms with Crippen molar-refractivity contribution in [3.8, 4) is 0 Å². The number of nitro groups is 1. The van der Waals surface area contributed by atoms with Crippen LogP contribution in [0.15, 0.2) is 47.4 Å². The Bertz CT molecular complexity index is 959. The van der Waals surface area contributed by atoms with Gasteiger partial charge in [-0.15, -0.1) is 11.8 Å². The lowest BCUT2D eigenvalue weighted by Gasteiger charge is -2.29. The molecule has 0 saturated heterocycles. The van der Waals surface area contributed by atoms with E-state index in [0.717, 1.165) is 23.7 Å². The van der Waals surface area contributed by atoms with Crippen molar-refractivity contribution in [2.24, 2.45) is 0 Å². The summed E-state index contributed by atoms with van der Waals surface area (Å²) in [5.74, 6) is -0.159. The van der Waals surface area contributed by atoms with Crippen molar-refractivity contribution < 1.29 is 14.5 Å². The lowest BCUT2D eigenvalue weighted by Crippen LogP contribution is -2.35. The zero-order chi connectivity index (χ0) is 21.7. The number of fused-ring (bicyclic) bond motifs is 1. The highest BCUT2D eigenvalue weighted by Gasteiger charge is 2.25. The van der Waals surface area contributed by atoms with Crippen LogP contribution in [0.4, 0.5) is 5.69 Å². The van der Waals surface area contributed by atoms with Gasteiger partial charge in [-0.1, -0.05) is 24.3 Å². The van der Waals surface area contributed by atoms with Gasteiger partial charge in [0.05, 0.1) is 15.6 Å². The fraction of sp³-hybridized carbons (Fsp3) is 0.364. The maximum atomic E-state index is 13.0. The number of carbonyl (C=O) groups is 2. The summed E-state index contributed by atoms with van der Waals surface area (Å²) in [7, 11) is 0. The average molecular weight is 428 g/mol. The third-order valence-electron chi connectivity index (χ3n) is 5.29. The van der Waals surface area contributed by atoms with Gasteiger partial charge < -0.3 is 9.80 Å². The first-order chi connectivity index (χ1) is 14.4. The number of nitro benzene ring substituents is 1. The van der Waals surface area contributed by atoms with Gasteiger partial charge in [-0.25, -0.2) is 0 Å². The van der Waals surface area contributed by atoms with Crippen LogP contribution >= 0.6 is 11.8 Å². The molecular formula is C22H25N3O4S. The molecule has 0 saturated carbocycles. The molecule has 0 atom stereocenters. The van der Waals surface area contributed by atoms with Gasteiger partial charge in [0.2, 0.25) is 5.91 Å². The van der Waals surface area contributed by atoms with Crippen LogP contribution in [0.3, 0.4) is 0 Å². The highest BCUT2D eigenvalue weighted by molar-refractivity contribution is 8.00. The fourth-order valence-corrected chi connectivity index (χ4v) is 4.48. The summed E-state index contributed by atoms with van der Waals surface area (Å²) in [6, 6.07) is 12.5. The van der Waals surface area contributed by atoms with Gasteiger partial charge in [0.25, 0.3) is 11.6 Å². The van der Waals surface area contributed by atoms with E-state index in [-0.39, 0.29) is 23.3 Å². The Balaban J connectivity index is 1.75. The van der Waals surface area contributed by atoms with Crippen molar-refractivity contribution in [1.29, 1.82) is 0 Å². The van der Waals surface area contributed by atoms with E-state index < -0.39 is 4.92 Å². The Morgan fingerprint density at radius 1 is 1.13 bits per heavy atom. The van der Waals surface area contributed by atoms with E-state index in [4.69, 9.17) is 0 Å². The number of nitrogens with zero attached hydrogens (tertiary/aromatic N) is 3. The summed E-state index contributed by atoms with van der Waals surface area (Å²) >= 11 is 1.13. The molecule has 30 heavy (non-hydrogen) atoms. The molecule has 1 aliphatic heterocycles. The third-order valence-corrected chi connectivity index (χ3v) is 6.34. The molecule has 158 valence electrons. The second kappa shape index (κ2) is 9.75. The molecular weight excluding hydrogens is 402 g/mol. The lowest BCUT2D eigenvalue weighted by atomic mass is 9.99. The quantitative estimate of drug-likeness (QED) is 0.382. The fourth-order valence-electron chi connectivity index (χ4n) is 3.57. The number of hydrogen-bond acceptors (Lipinski definition) is 5. The number of amides is 2. The second-order valence-corrected chi connectivity index (χ2v) is 8.06. The zero-order valence-electron chi connectivity index (χ0n) is 17.2. The Morgan fingerprint density at radius 3 is 2.50 bits per heavy atom. The Morgan fingerprint density at radius 2 is 1.83 bits per heavy atom. The molecule has 0 radical (unpaired) electrons. The van der Waals surface area contributed by atoms with Gasteiger partial charge in [0, 0.05) is 37.8 Å². The van der Waals surface area contributed by atoms with Crippen molar-refractivity contribution in [3.05, 3.63) is 69.3 Å². The minimum Gasteiger partial charge on any atom is -0.343 e. The lowest BCUT2D eigenvalue weighted by molar-refractivity contribution is -0.387. The zero-order valence-corrected chi connectivity index (χ0v) is 18.0. The van der Waals surface area contributed by atoms with Gasteiger partial charge in [0.15, 0.2) is 0 Å². The molecule has 0 spiro atoms. The normalized spacial score (nSPS) is 12.9. The summed E-state index contributed by atoms with van der Waals surface area (Å²) in [5, 5.41) is 11.6. The van der Waals surface area contributed by atoms with E-state index in [9.17, 15) is 19.7 Å². The van der Waals surface area contributed by atoms with E-state index in [1.807, 2.05) is 32.0 Å². The van der Waals surface area contributed by atoms with Gasteiger partial charge in [-0.2, -0.15) is 0 Å². The molecule has 0 aromatic heterocycles. The predicted octanol–water partition coefficient (Wildman–Crippen LogP) is 3.75. The average Bonchev–Trinajstić information content (AvgIpc) is 2.77. The van der Waals surface area contributed by atoms with Gasteiger partial charge in [-0.3, -0.25) is 19.7 Å². The number of hydrogen-bond donors (Lipinski definition) is 0. The molecule has 0 bridgehead atoms. The predicted molar refractivity (Wildman–Crippen MR) is 117 cm³/mol. The first-order valence-corrected chi connectivity index (χ1v) is 11.0. The van der Waals surface area contributed by atoms with Crippen LogP contribution in [0.1, 0.15) is 35.3 Å². The van der Waals surface area contributed by atoms with Crippen molar-refractivity contribution in [3.63, 3.8) is 0 Å². The molecule has 1 heterocycles. The van der Waals surface area contributed by atoms with Crippen molar-refractivity contribution >= 4 is 29.3 Å². The largest absolute Gasteiger partial charge is 0.343 e. The summed E-state index contributed by atoms with van der Waals surface area (Å²) in [6.45, 7) is 6.08. The van der Waals surface area contributed by atoms with Gasteiger partial charge in [-0.05, 0) is 43.5 Å². The highest BCUT2D eigenvalue weighted by atomic mass is 32.2. The van der Waals surface area contributed by atoms with Crippen molar-refractivity contribution in [2.75, 3.05) is 25.4 Å². The summed E-state index contributed by atoms with van der Waals surface area (Å²) in [4.78, 5) is 40.1. The molecule has 7 nitrogen and oxygen atoms in total. The molecule has 3 rings (SSSR count). The molecule has 0 N–H and O–H groups in total. The summed E-state index contributed by atoms with van der Waals surface area (Å²) < 4.78 is 0. The molecule has 0 fully saturated rings. The minimum atomic E-state index is -0.494. The topological polar surface area (TPSA) is 83.8 Å². The molecule has 2 amide bonds. The van der Waals surface area contributed by atoms with Crippen LogP contribution in [-0.2, 0) is 17.8 Å². The van der Waals surface area contributed by atoms with Crippen LogP contribution in [0.25, 0.3) is 0 Å². The van der Waals surface area contributed by atoms with Crippen LogP contribution in [-0.4, -0.2) is 51.9 Å². The van der Waals surface area contributed by atoms with Gasteiger partial charge in [0.1, 0.15) is 0 Å². The van der Waals surface area contributed by atoms with Crippen LogP contribution in [0, 0.1) is 10.1 Å². The smallest absolute Gasteiger partial charge is 0.283 e. The van der Waals surface area contributed by atoms with E-state index in [1.54, 1.807) is 21.9 Å². The Hall–Kier alpha value is -2.87. The molecule has 0 aliphatic carbocycles. The SMILES string of the molecule is CCN(CC)C(=O)CSc1ccc(C(=O)N2CCc3ccccc3C2)cc1[N+](=O)[O-]. The van der Waals surface area contributed by atoms with Crippen LogP contribution < -0.4 is 0 Å². The van der Waals surface area contributed by atoms with Gasteiger partial charge >= 0.3 is 0 Å². The standard InChI is InChI=1S/C22H25N3O4S/c1-3-23(4-2)21(26)15-30-20-10-9-17(13-19(20)25(28)29)22(27)24-12-11-16-7-5-6-8-18(16)14-24/h5-10,13H,3-4,11-12,14-15H2,1-2H3. The van der Waals surface area contributed by atoms with E-state index in [2.05, 4.69) is 6.07 Å². The third kappa shape index (κ3) is 4.81. The molecule has 2 aromatic carbocycles. The highest BCUT2D eigenvalue weighted by Crippen LogP contribution is 2.31. The Labute approximate surface area is 180 Å². The molecule has 0 unspecified atom stereocenters. The summed E-state index contributed by atoms with van der Waals surface area (Å²) in [5.41, 5.74) is 2.49. The molecule has 8 heteroatoms. The maximum absolute atomic E-state index is 13.0. The summed E-state index contributed by atoms with van der Waals surface area (Å²) in [6.07, 6.45) is 0.769. The number of carbonyl (C=O) groups excluding carboxylic acids is 2. The molecule has 2 aromatic rings. The van der Waals surface area contributed by atoms with Crippen molar-refractivity contribution in [1.82, 2.24) is 9.80 Å². The first-order valence-electron chi connectivity index (χ1n) is 9.99. The van der Waals surface area contributed by atoms with Crippen LogP contribution in [0.5, 0.6) is 0 Å². The maximum Gasteiger partial charge on any atom is 0.283 e. The van der Waals surface area contributed by atoms with E-state index in [1.165, 1.54) is 11.6 Å². The monoisotopic (exact) mass is 427 g/mol. The number of thioether (sulfide) groups is 1. The molecule has 1 aliphatic rings. The second-order valence-electron chi connectivity index (χ2n) is 7.04. The number of rotatable bonds is 7. The number of benzene rings is 2. The van der Waals surface area contributed by atoms with E-state index in [0.29, 0.717) is 36.6 Å².